The highest BCUT2D eigenvalue weighted by molar-refractivity contribution is 4.54. The van der Waals surface area contributed by atoms with Gasteiger partial charge in [0.05, 0.1) is 19.3 Å². The zero-order valence-electron chi connectivity index (χ0n) is 5.42. The van der Waals surface area contributed by atoms with Crippen molar-refractivity contribution in [2.75, 3.05) is 19.8 Å². The molecule has 0 rings (SSSR count). The van der Waals surface area contributed by atoms with Crippen molar-refractivity contribution in [1.82, 2.24) is 0 Å². The van der Waals surface area contributed by atoms with E-state index in [9.17, 15) is 0 Å². The van der Waals surface area contributed by atoms with E-state index in [1.165, 1.54) is 0 Å². The van der Waals surface area contributed by atoms with Crippen molar-refractivity contribution < 1.29 is 14.9 Å². The molecule has 0 aromatic heterocycles. The van der Waals surface area contributed by atoms with Crippen LogP contribution in [0.25, 0.3) is 0 Å². The Hall–Kier alpha value is -0.120. The van der Waals surface area contributed by atoms with E-state index in [1.54, 1.807) is 0 Å². The Morgan fingerprint density at radius 1 is 1.44 bits per heavy atom. The van der Waals surface area contributed by atoms with Crippen LogP contribution in [0.3, 0.4) is 0 Å². The molecular weight excluding hydrogens is 120 g/mol. The quantitative estimate of drug-likeness (QED) is 0.501. The average molecular weight is 133 g/mol. The lowest BCUT2D eigenvalue weighted by atomic mass is 10.3. The Bertz CT molecular complexity index is 54.3. The Morgan fingerprint density at radius 3 is 2.56 bits per heavy atom. The second-order valence-electron chi connectivity index (χ2n) is 1.78. The number of aliphatic hydroxyl groups is 2. The average Bonchev–Trinajstić information content (AvgIpc) is 1.80. The van der Waals surface area contributed by atoms with Crippen LogP contribution < -0.4 is 0 Å². The first-order chi connectivity index (χ1) is 4.27. The van der Waals surface area contributed by atoms with E-state index >= 15 is 0 Å². The van der Waals surface area contributed by atoms with Crippen LogP contribution in [0, 0.1) is 6.92 Å². The van der Waals surface area contributed by atoms with Crippen molar-refractivity contribution in [3.8, 4) is 0 Å². The van der Waals surface area contributed by atoms with Crippen molar-refractivity contribution in [1.29, 1.82) is 0 Å². The minimum atomic E-state index is -0.552. The summed E-state index contributed by atoms with van der Waals surface area (Å²) in [6.45, 7) is 4.19. The Labute approximate surface area is 55.3 Å². The van der Waals surface area contributed by atoms with Crippen LogP contribution in [0.1, 0.15) is 6.42 Å². The van der Waals surface area contributed by atoms with E-state index in [2.05, 4.69) is 6.92 Å². The molecular formula is C6H13O3. The fourth-order valence-electron chi connectivity index (χ4n) is 0.386. The monoisotopic (exact) mass is 133 g/mol. The fourth-order valence-corrected chi connectivity index (χ4v) is 0.386. The first-order valence-electron chi connectivity index (χ1n) is 2.97. The highest BCUT2D eigenvalue weighted by atomic mass is 16.5. The number of aliphatic hydroxyl groups excluding tert-OH is 2. The van der Waals surface area contributed by atoms with E-state index < -0.39 is 6.10 Å². The highest BCUT2D eigenvalue weighted by Crippen LogP contribution is 1.88. The molecule has 3 nitrogen and oxygen atoms in total. The SMILES string of the molecule is [CH2]C(O)CCOCCO. The van der Waals surface area contributed by atoms with Crippen molar-refractivity contribution in [3.05, 3.63) is 6.92 Å². The summed E-state index contributed by atoms with van der Waals surface area (Å²) in [5.74, 6) is 0. The molecule has 0 bridgehead atoms. The zero-order valence-corrected chi connectivity index (χ0v) is 5.42. The predicted octanol–water partition coefficient (Wildman–Crippen LogP) is -0.420. The third kappa shape index (κ3) is 7.88. The van der Waals surface area contributed by atoms with Gasteiger partial charge in [0.15, 0.2) is 0 Å². The third-order valence-corrected chi connectivity index (χ3v) is 0.831. The van der Waals surface area contributed by atoms with E-state index in [1.807, 2.05) is 0 Å². The molecule has 2 N–H and O–H groups in total. The van der Waals surface area contributed by atoms with Crippen LogP contribution in [0.5, 0.6) is 0 Å². The van der Waals surface area contributed by atoms with Crippen LogP contribution in [-0.4, -0.2) is 36.1 Å². The van der Waals surface area contributed by atoms with Gasteiger partial charge in [-0.3, -0.25) is 0 Å². The Balaban J connectivity index is 2.75. The van der Waals surface area contributed by atoms with E-state index in [0.29, 0.717) is 19.6 Å². The number of hydrogen-bond acceptors (Lipinski definition) is 3. The van der Waals surface area contributed by atoms with Gasteiger partial charge in [0, 0.05) is 6.61 Å². The molecule has 1 atom stereocenters. The molecule has 0 saturated carbocycles. The normalized spacial score (nSPS) is 13.7. The van der Waals surface area contributed by atoms with E-state index in [4.69, 9.17) is 14.9 Å². The first-order valence-corrected chi connectivity index (χ1v) is 2.97. The van der Waals surface area contributed by atoms with Gasteiger partial charge < -0.3 is 14.9 Å². The van der Waals surface area contributed by atoms with Crippen LogP contribution in [0.2, 0.25) is 0 Å². The summed E-state index contributed by atoms with van der Waals surface area (Å²) in [7, 11) is 0. The standard InChI is InChI=1S/C6H13O3/c1-6(8)2-4-9-5-3-7/h6-8H,1-5H2. The largest absolute Gasteiger partial charge is 0.394 e. The molecule has 0 aliphatic heterocycles. The van der Waals surface area contributed by atoms with Gasteiger partial charge in [0.2, 0.25) is 0 Å². The third-order valence-electron chi connectivity index (χ3n) is 0.831. The second-order valence-corrected chi connectivity index (χ2v) is 1.78. The number of hydrogen-bond donors (Lipinski definition) is 2. The number of ether oxygens (including phenoxy) is 1. The minimum absolute atomic E-state index is 0.0350. The summed E-state index contributed by atoms with van der Waals surface area (Å²) in [5.41, 5.74) is 0. The maximum atomic E-state index is 8.60. The molecule has 1 radical (unpaired) electrons. The van der Waals surface area contributed by atoms with Gasteiger partial charge in [0.1, 0.15) is 0 Å². The van der Waals surface area contributed by atoms with Gasteiger partial charge in [-0.1, -0.05) is 0 Å². The van der Waals surface area contributed by atoms with Crippen molar-refractivity contribution in [2.45, 2.75) is 12.5 Å². The summed E-state index contributed by atoms with van der Waals surface area (Å²) >= 11 is 0. The van der Waals surface area contributed by atoms with Gasteiger partial charge >= 0.3 is 0 Å². The minimum Gasteiger partial charge on any atom is -0.394 e. The smallest absolute Gasteiger partial charge is 0.0697 e. The van der Waals surface area contributed by atoms with Crippen LogP contribution in [-0.2, 0) is 4.74 Å². The van der Waals surface area contributed by atoms with Crippen LogP contribution in [0.15, 0.2) is 0 Å². The van der Waals surface area contributed by atoms with Gasteiger partial charge in [-0.05, 0) is 13.3 Å². The number of rotatable bonds is 5. The van der Waals surface area contributed by atoms with E-state index in [0.717, 1.165) is 0 Å². The van der Waals surface area contributed by atoms with E-state index in [-0.39, 0.29) is 6.61 Å². The van der Waals surface area contributed by atoms with Crippen LogP contribution >= 0.6 is 0 Å². The molecule has 1 unspecified atom stereocenters. The molecule has 0 aromatic carbocycles. The van der Waals surface area contributed by atoms with Crippen molar-refractivity contribution in [2.24, 2.45) is 0 Å². The molecule has 0 spiro atoms. The highest BCUT2D eigenvalue weighted by Gasteiger charge is 1.93. The summed E-state index contributed by atoms with van der Waals surface area (Å²) in [5, 5.41) is 16.8. The molecule has 3 heteroatoms. The molecule has 0 fully saturated rings. The molecule has 0 amide bonds. The zero-order chi connectivity index (χ0) is 7.11. The molecule has 0 heterocycles. The fraction of sp³-hybridized carbons (Fsp3) is 0.833. The van der Waals surface area contributed by atoms with Gasteiger partial charge in [-0.2, -0.15) is 0 Å². The molecule has 0 aliphatic rings. The molecule has 55 valence electrons. The maximum Gasteiger partial charge on any atom is 0.0697 e. The van der Waals surface area contributed by atoms with Crippen molar-refractivity contribution in [3.63, 3.8) is 0 Å². The summed E-state index contributed by atoms with van der Waals surface area (Å²) in [6, 6.07) is 0. The lowest BCUT2D eigenvalue weighted by Gasteiger charge is -2.02. The van der Waals surface area contributed by atoms with Crippen LogP contribution in [0.4, 0.5) is 0 Å². The first kappa shape index (κ1) is 8.88. The summed E-state index contributed by atoms with van der Waals surface area (Å²) in [6.07, 6.45) is -0.0244. The van der Waals surface area contributed by atoms with Gasteiger partial charge in [0.25, 0.3) is 0 Å². The molecule has 0 aliphatic carbocycles. The summed E-state index contributed by atoms with van der Waals surface area (Å²) < 4.78 is 4.84. The Morgan fingerprint density at radius 2 is 2.11 bits per heavy atom. The van der Waals surface area contributed by atoms with Gasteiger partial charge in [-0.15, -0.1) is 0 Å². The maximum absolute atomic E-state index is 8.60. The predicted molar refractivity (Wildman–Crippen MR) is 33.9 cm³/mol. The molecule has 9 heavy (non-hydrogen) atoms. The topological polar surface area (TPSA) is 49.7 Å². The second kappa shape index (κ2) is 6.01. The molecule has 0 saturated heterocycles. The van der Waals surface area contributed by atoms with Gasteiger partial charge in [-0.25, -0.2) is 0 Å². The summed E-state index contributed by atoms with van der Waals surface area (Å²) in [4.78, 5) is 0. The lowest BCUT2D eigenvalue weighted by Crippen LogP contribution is -2.07. The van der Waals surface area contributed by atoms with Crippen molar-refractivity contribution >= 4 is 0 Å². The molecule has 0 aromatic rings. The lowest BCUT2D eigenvalue weighted by molar-refractivity contribution is 0.0705. The Kier molecular flexibility index (Phi) is 5.93.